The number of aromatic nitrogens is 1. The molecule has 0 bridgehead atoms. The number of amides is 2. The van der Waals surface area contributed by atoms with E-state index in [9.17, 15) is 23.5 Å². The summed E-state index contributed by atoms with van der Waals surface area (Å²) in [6, 6.07) is 12.1. The SMILES string of the molecule is O=C(NC1CCC(NC(=O)c2cc(F)cnc2Oc2ccc(F)cc2)CC1)c1cccc(O)c1. The van der Waals surface area contributed by atoms with Crippen LogP contribution in [0.5, 0.6) is 17.4 Å². The van der Waals surface area contributed by atoms with Crippen LogP contribution in [0, 0.1) is 11.6 Å². The summed E-state index contributed by atoms with van der Waals surface area (Å²) in [6.45, 7) is 0. The largest absolute Gasteiger partial charge is 0.508 e. The molecule has 0 radical (unpaired) electrons. The molecule has 176 valence electrons. The van der Waals surface area contributed by atoms with E-state index in [4.69, 9.17) is 4.74 Å². The molecule has 7 nitrogen and oxygen atoms in total. The number of phenols is 1. The van der Waals surface area contributed by atoms with Crippen molar-refractivity contribution in [2.24, 2.45) is 0 Å². The molecule has 0 saturated heterocycles. The molecule has 34 heavy (non-hydrogen) atoms. The summed E-state index contributed by atoms with van der Waals surface area (Å²) in [6.07, 6.45) is 3.48. The van der Waals surface area contributed by atoms with Crippen LogP contribution in [0.1, 0.15) is 46.4 Å². The van der Waals surface area contributed by atoms with Crippen molar-refractivity contribution in [2.75, 3.05) is 0 Å². The summed E-state index contributed by atoms with van der Waals surface area (Å²) in [5.41, 5.74) is 0.311. The fourth-order valence-electron chi connectivity index (χ4n) is 3.85. The van der Waals surface area contributed by atoms with E-state index < -0.39 is 17.5 Å². The van der Waals surface area contributed by atoms with Crippen molar-refractivity contribution in [3.05, 3.63) is 83.6 Å². The van der Waals surface area contributed by atoms with Crippen LogP contribution < -0.4 is 15.4 Å². The second kappa shape index (κ2) is 10.3. The highest BCUT2D eigenvalue weighted by Gasteiger charge is 2.26. The van der Waals surface area contributed by atoms with Crippen molar-refractivity contribution in [3.63, 3.8) is 0 Å². The number of benzene rings is 2. The summed E-state index contributed by atoms with van der Waals surface area (Å²) < 4.78 is 32.5. The normalized spacial score (nSPS) is 17.6. The summed E-state index contributed by atoms with van der Waals surface area (Å²) >= 11 is 0. The Morgan fingerprint density at radius 1 is 0.882 bits per heavy atom. The number of aromatic hydroxyl groups is 1. The Morgan fingerprint density at radius 2 is 1.53 bits per heavy atom. The molecule has 1 saturated carbocycles. The number of pyridine rings is 1. The minimum absolute atomic E-state index is 0.0219. The minimum atomic E-state index is -0.685. The lowest BCUT2D eigenvalue weighted by atomic mass is 9.90. The average Bonchev–Trinajstić information content (AvgIpc) is 2.83. The molecule has 2 amide bonds. The van der Waals surface area contributed by atoms with Crippen LogP contribution in [-0.2, 0) is 0 Å². The quantitative estimate of drug-likeness (QED) is 0.501. The number of phenolic OH excluding ortho intramolecular Hbond substituents is 1. The molecule has 1 aromatic heterocycles. The van der Waals surface area contributed by atoms with Crippen molar-refractivity contribution >= 4 is 11.8 Å². The topological polar surface area (TPSA) is 101 Å². The molecular weight excluding hydrogens is 444 g/mol. The van der Waals surface area contributed by atoms with Crippen LogP contribution in [0.25, 0.3) is 0 Å². The van der Waals surface area contributed by atoms with E-state index in [2.05, 4.69) is 15.6 Å². The molecule has 1 aliphatic carbocycles. The van der Waals surface area contributed by atoms with Crippen molar-refractivity contribution in [2.45, 2.75) is 37.8 Å². The van der Waals surface area contributed by atoms with E-state index >= 15 is 0 Å². The predicted octanol–water partition coefficient (Wildman–Crippen LogP) is 4.33. The Balaban J connectivity index is 1.34. The van der Waals surface area contributed by atoms with Gasteiger partial charge in [-0.3, -0.25) is 9.59 Å². The summed E-state index contributed by atoms with van der Waals surface area (Å²) in [4.78, 5) is 29.1. The predicted molar refractivity (Wildman–Crippen MR) is 120 cm³/mol. The van der Waals surface area contributed by atoms with Gasteiger partial charge in [0.1, 0.15) is 28.7 Å². The van der Waals surface area contributed by atoms with E-state index in [0.717, 1.165) is 12.3 Å². The van der Waals surface area contributed by atoms with E-state index in [0.29, 0.717) is 31.2 Å². The van der Waals surface area contributed by atoms with Gasteiger partial charge in [0.25, 0.3) is 11.8 Å². The van der Waals surface area contributed by atoms with Gasteiger partial charge in [-0.15, -0.1) is 0 Å². The van der Waals surface area contributed by atoms with Gasteiger partial charge in [-0.1, -0.05) is 6.07 Å². The highest BCUT2D eigenvalue weighted by Crippen LogP contribution is 2.25. The molecule has 0 spiro atoms. The second-order valence-corrected chi connectivity index (χ2v) is 8.11. The van der Waals surface area contributed by atoms with Gasteiger partial charge in [0.05, 0.1) is 6.20 Å². The van der Waals surface area contributed by atoms with Crippen LogP contribution in [-0.4, -0.2) is 34.0 Å². The highest BCUT2D eigenvalue weighted by atomic mass is 19.1. The molecular formula is C25H23F2N3O4. The zero-order valence-electron chi connectivity index (χ0n) is 18.1. The fourth-order valence-corrected chi connectivity index (χ4v) is 3.85. The van der Waals surface area contributed by atoms with Gasteiger partial charge in [-0.2, -0.15) is 0 Å². The molecule has 1 fully saturated rings. The summed E-state index contributed by atoms with van der Waals surface area (Å²) in [5, 5.41) is 15.4. The van der Waals surface area contributed by atoms with Gasteiger partial charge in [0, 0.05) is 17.6 Å². The lowest BCUT2D eigenvalue weighted by molar-refractivity contribution is 0.0890. The summed E-state index contributed by atoms with van der Waals surface area (Å²) in [5.74, 6) is -1.72. The summed E-state index contributed by atoms with van der Waals surface area (Å²) in [7, 11) is 0. The Morgan fingerprint density at radius 3 is 2.18 bits per heavy atom. The highest BCUT2D eigenvalue weighted by molar-refractivity contribution is 5.96. The Kier molecular flexibility index (Phi) is 7.01. The molecule has 9 heteroatoms. The molecule has 4 rings (SSSR count). The first-order chi connectivity index (χ1) is 16.4. The van der Waals surface area contributed by atoms with Crippen molar-refractivity contribution < 1.29 is 28.2 Å². The molecule has 0 unspecified atom stereocenters. The Bertz CT molecular complexity index is 1180. The smallest absolute Gasteiger partial charge is 0.257 e. The number of carbonyl (C=O) groups excluding carboxylic acids is 2. The van der Waals surface area contributed by atoms with Gasteiger partial charge in [0.15, 0.2) is 0 Å². The number of ether oxygens (including phenoxy) is 1. The third-order valence-electron chi connectivity index (χ3n) is 5.60. The standard InChI is InChI=1S/C25H23F2N3O4/c26-16-4-10-21(11-5-16)34-25-22(13-17(27)14-28-25)24(33)30-19-8-6-18(7-9-19)29-23(32)15-2-1-3-20(31)12-15/h1-5,10-14,18-19,31H,6-9H2,(H,29,32)(H,30,33). The van der Waals surface area contributed by atoms with Crippen molar-refractivity contribution in [1.82, 2.24) is 15.6 Å². The first kappa shape index (κ1) is 23.2. The number of nitrogens with zero attached hydrogens (tertiary/aromatic N) is 1. The minimum Gasteiger partial charge on any atom is -0.508 e. The lowest BCUT2D eigenvalue weighted by Crippen LogP contribution is -2.43. The molecule has 0 aliphatic heterocycles. The maximum atomic E-state index is 13.8. The monoisotopic (exact) mass is 467 g/mol. The van der Waals surface area contributed by atoms with Crippen LogP contribution in [0.2, 0.25) is 0 Å². The number of carbonyl (C=O) groups is 2. The Labute approximate surface area is 194 Å². The second-order valence-electron chi connectivity index (χ2n) is 8.11. The third kappa shape index (κ3) is 5.86. The van der Waals surface area contributed by atoms with Crippen LogP contribution in [0.4, 0.5) is 8.78 Å². The van der Waals surface area contributed by atoms with Crippen LogP contribution >= 0.6 is 0 Å². The van der Waals surface area contributed by atoms with E-state index in [1.54, 1.807) is 12.1 Å². The molecule has 3 N–H and O–H groups in total. The van der Waals surface area contributed by atoms with Crippen molar-refractivity contribution in [1.29, 1.82) is 0 Å². The fraction of sp³-hybridized carbons (Fsp3) is 0.240. The first-order valence-electron chi connectivity index (χ1n) is 10.9. The van der Waals surface area contributed by atoms with Gasteiger partial charge >= 0.3 is 0 Å². The van der Waals surface area contributed by atoms with Gasteiger partial charge < -0.3 is 20.5 Å². The first-order valence-corrected chi connectivity index (χ1v) is 10.9. The molecule has 1 aliphatic rings. The van der Waals surface area contributed by atoms with Gasteiger partial charge in [-0.25, -0.2) is 13.8 Å². The molecule has 0 atom stereocenters. The third-order valence-corrected chi connectivity index (χ3v) is 5.60. The maximum absolute atomic E-state index is 13.8. The zero-order chi connectivity index (χ0) is 24.1. The Hall–Kier alpha value is -4.01. The molecule has 3 aromatic rings. The van der Waals surface area contributed by atoms with E-state index in [1.165, 1.54) is 36.4 Å². The van der Waals surface area contributed by atoms with E-state index in [1.807, 2.05) is 0 Å². The molecule has 2 aromatic carbocycles. The number of rotatable bonds is 6. The van der Waals surface area contributed by atoms with Crippen LogP contribution in [0.3, 0.4) is 0 Å². The molecule has 1 heterocycles. The number of nitrogens with one attached hydrogen (secondary N) is 2. The van der Waals surface area contributed by atoms with E-state index in [-0.39, 0.29) is 40.9 Å². The lowest BCUT2D eigenvalue weighted by Gasteiger charge is -2.29. The number of hydrogen-bond acceptors (Lipinski definition) is 5. The van der Waals surface area contributed by atoms with Gasteiger partial charge in [0.2, 0.25) is 5.88 Å². The number of halogens is 2. The number of hydrogen-bond donors (Lipinski definition) is 3. The van der Waals surface area contributed by atoms with Gasteiger partial charge in [-0.05, 0) is 74.2 Å². The van der Waals surface area contributed by atoms with Crippen molar-refractivity contribution in [3.8, 4) is 17.4 Å². The van der Waals surface area contributed by atoms with Crippen LogP contribution in [0.15, 0.2) is 60.8 Å². The average molecular weight is 467 g/mol. The maximum Gasteiger partial charge on any atom is 0.257 e. The zero-order valence-corrected chi connectivity index (χ0v) is 18.1.